The van der Waals surface area contributed by atoms with Crippen LogP contribution in [0, 0.1) is 11.8 Å². The molecule has 2 aromatic rings. The van der Waals surface area contributed by atoms with Gasteiger partial charge in [-0.05, 0) is 68.9 Å². The molecule has 6 rings (SSSR count). The Bertz CT molecular complexity index is 1330. The third-order valence-corrected chi connectivity index (χ3v) is 9.46. The zero-order valence-electron chi connectivity index (χ0n) is 22.1. The molecule has 1 aromatic heterocycles. The van der Waals surface area contributed by atoms with E-state index in [-0.39, 0.29) is 11.7 Å². The van der Waals surface area contributed by atoms with Crippen LogP contribution in [0.1, 0.15) is 82.4 Å². The second-order valence-corrected chi connectivity index (χ2v) is 11.9. The molecule has 39 heavy (non-hydrogen) atoms. The van der Waals surface area contributed by atoms with E-state index < -0.39 is 29.8 Å². The third kappa shape index (κ3) is 5.06. The lowest BCUT2D eigenvalue weighted by Gasteiger charge is -2.55. The van der Waals surface area contributed by atoms with Crippen LogP contribution in [0.25, 0.3) is 11.0 Å². The molecule has 2 saturated carbocycles. The first-order chi connectivity index (χ1) is 18.9. The number of hydrogen-bond acceptors (Lipinski definition) is 7. The number of para-hydroxylation sites is 2. The maximum absolute atomic E-state index is 13.9. The highest BCUT2D eigenvalue weighted by atomic mass is 16.6. The number of carbonyl (C=O) groups is 2. The Labute approximate surface area is 226 Å². The van der Waals surface area contributed by atoms with Crippen molar-refractivity contribution in [1.82, 2.24) is 14.5 Å². The van der Waals surface area contributed by atoms with Gasteiger partial charge in [0.2, 0.25) is 12.3 Å². The lowest BCUT2D eigenvalue weighted by molar-refractivity contribution is -0.142. The predicted molar refractivity (Wildman–Crippen MR) is 144 cm³/mol. The van der Waals surface area contributed by atoms with Crippen molar-refractivity contribution in [3.63, 3.8) is 0 Å². The number of hydrogen-bond donors (Lipinski definition) is 2. The molecular formula is C29H36N4O6. The quantitative estimate of drug-likeness (QED) is 0.403. The number of aromatic nitrogens is 2. The maximum atomic E-state index is 13.9. The molecule has 2 N–H and O–H groups in total. The standard InChI is InChI=1S/C29H36N4O6/c34-25(35)16-39-31-27(29(37)38)26-28(36)33(24-10-2-1-9-23(24)30-26)22-14-19-7-4-8-20(15-22)32(19)21-12-17-5-3-6-18(11-17)13-21/h1-2,9-10,17-22H,3-8,11-16H2,(H,34,35)(H,37,38)/b31-27-/t17-,18+,19-,20+,21?,22+. The third-order valence-electron chi connectivity index (χ3n) is 9.46. The molecule has 1 aromatic carbocycles. The molecule has 3 heterocycles. The van der Waals surface area contributed by atoms with E-state index in [0.717, 1.165) is 37.5 Å². The number of nitrogens with zero attached hydrogens (tertiary/aromatic N) is 4. The molecule has 6 atom stereocenters. The van der Waals surface area contributed by atoms with Crippen molar-refractivity contribution < 1.29 is 24.6 Å². The Morgan fingerprint density at radius 1 is 0.897 bits per heavy atom. The number of piperidine rings is 2. The summed E-state index contributed by atoms with van der Waals surface area (Å²) in [6, 6.07) is 8.61. The Morgan fingerprint density at radius 3 is 2.23 bits per heavy atom. The van der Waals surface area contributed by atoms with Crippen LogP contribution in [0.15, 0.2) is 34.2 Å². The molecule has 0 spiro atoms. The summed E-state index contributed by atoms with van der Waals surface area (Å²) in [5.74, 6) is -1.09. The molecule has 2 saturated heterocycles. The van der Waals surface area contributed by atoms with Gasteiger partial charge >= 0.3 is 11.9 Å². The van der Waals surface area contributed by atoms with E-state index in [0.29, 0.717) is 29.2 Å². The number of fused-ring (bicyclic) bond motifs is 5. The van der Waals surface area contributed by atoms with Gasteiger partial charge in [-0.1, -0.05) is 43.0 Å². The number of carboxylic acid groups (broad SMARTS) is 2. The van der Waals surface area contributed by atoms with Crippen molar-refractivity contribution in [2.45, 2.75) is 94.8 Å². The second-order valence-electron chi connectivity index (χ2n) is 11.9. The van der Waals surface area contributed by atoms with Crippen LogP contribution < -0.4 is 5.56 Å². The van der Waals surface area contributed by atoms with Gasteiger partial charge in [-0.25, -0.2) is 14.6 Å². The van der Waals surface area contributed by atoms with E-state index in [4.69, 9.17) is 9.94 Å². The van der Waals surface area contributed by atoms with Crippen molar-refractivity contribution in [2.75, 3.05) is 6.61 Å². The average Bonchev–Trinajstić information content (AvgIpc) is 2.90. The molecule has 4 fully saturated rings. The van der Waals surface area contributed by atoms with Crippen LogP contribution in [-0.2, 0) is 14.4 Å². The smallest absolute Gasteiger partial charge is 0.360 e. The lowest BCUT2D eigenvalue weighted by Crippen LogP contribution is -2.58. The molecule has 0 radical (unpaired) electrons. The minimum absolute atomic E-state index is 0.0891. The van der Waals surface area contributed by atoms with Crippen molar-refractivity contribution in [3.8, 4) is 0 Å². The van der Waals surface area contributed by atoms with Gasteiger partial charge in [-0.15, -0.1) is 0 Å². The molecular weight excluding hydrogens is 500 g/mol. The number of benzene rings is 1. The first-order valence-corrected chi connectivity index (χ1v) is 14.3. The van der Waals surface area contributed by atoms with Crippen LogP contribution >= 0.6 is 0 Å². The molecule has 1 unspecified atom stereocenters. The van der Waals surface area contributed by atoms with Crippen LogP contribution in [0.5, 0.6) is 0 Å². The zero-order valence-corrected chi connectivity index (χ0v) is 22.1. The van der Waals surface area contributed by atoms with Gasteiger partial charge in [-0.2, -0.15) is 0 Å². The Kier molecular flexibility index (Phi) is 7.14. The lowest BCUT2D eigenvalue weighted by atomic mass is 9.68. The fourth-order valence-corrected chi connectivity index (χ4v) is 8.14. The number of carboxylic acids is 2. The highest BCUT2D eigenvalue weighted by molar-refractivity contribution is 6.41. The highest BCUT2D eigenvalue weighted by Crippen LogP contribution is 2.47. The molecule has 0 amide bonds. The fourth-order valence-electron chi connectivity index (χ4n) is 8.14. The predicted octanol–water partition coefficient (Wildman–Crippen LogP) is 3.81. The van der Waals surface area contributed by atoms with Gasteiger partial charge in [0, 0.05) is 24.2 Å². The van der Waals surface area contributed by atoms with Crippen molar-refractivity contribution >= 4 is 28.7 Å². The van der Waals surface area contributed by atoms with Crippen LogP contribution in [0.3, 0.4) is 0 Å². The Balaban J connectivity index is 1.35. The maximum Gasteiger partial charge on any atom is 0.360 e. The molecule has 208 valence electrons. The normalized spacial score (nSPS) is 31.1. The number of oxime groups is 1. The fraction of sp³-hybridized carbons (Fsp3) is 0.621. The van der Waals surface area contributed by atoms with Gasteiger partial charge in [-0.3, -0.25) is 9.69 Å². The summed E-state index contributed by atoms with van der Waals surface area (Å²) in [5.41, 5.74) is -0.387. The van der Waals surface area contributed by atoms with Crippen molar-refractivity contribution in [3.05, 3.63) is 40.3 Å². The largest absolute Gasteiger partial charge is 0.479 e. The summed E-state index contributed by atoms with van der Waals surface area (Å²) in [7, 11) is 0. The highest BCUT2D eigenvalue weighted by Gasteiger charge is 2.45. The summed E-state index contributed by atoms with van der Waals surface area (Å²) < 4.78 is 1.73. The first-order valence-electron chi connectivity index (χ1n) is 14.3. The van der Waals surface area contributed by atoms with Crippen LogP contribution in [-0.4, -0.2) is 67.0 Å². The zero-order chi connectivity index (χ0) is 27.1. The van der Waals surface area contributed by atoms with E-state index in [9.17, 15) is 19.5 Å². The topological polar surface area (TPSA) is 134 Å². The van der Waals surface area contributed by atoms with E-state index in [1.54, 1.807) is 16.7 Å². The number of rotatable bonds is 7. The molecule has 4 aliphatic rings. The summed E-state index contributed by atoms with van der Waals surface area (Å²) in [4.78, 5) is 48.7. The average molecular weight is 537 g/mol. The van der Waals surface area contributed by atoms with E-state index in [1.165, 1.54) is 44.9 Å². The summed E-state index contributed by atoms with van der Waals surface area (Å²) in [5, 5.41) is 22.2. The minimum Gasteiger partial charge on any atom is -0.479 e. The van der Waals surface area contributed by atoms with Crippen molar-refractivity contribution in [2.24, 2.45) is 17.0 Å². The van der Waals surface area contributed by atoms with Gasteiger partial charge in [0.15, 0.2) is 5.69 Å². The van der Waals surface area contributed by atoms with E-state index >= 15 is 0 Å². The van der Waals surface area contributed by atoms with Gasteiger partial charge < -0.3 is 19.6 Å². The SMILES string of the molecule is O=C(O)CO/N=C(\C(=O)O)c1nc2ccccc2n([C@H]2C[C@H]3CCC[C@@H](C2)N3C2C[C@H]3CCC[C@@H](C2)C3)c1=O. The number of aliphatic carboxylic acids is 2. The molecule has 10 heteroatoms. The van der Waals surface area contributed by atoms with E-state index in [2.05, 4.69) is 15.0 Å². The Morgan fingerprint density at radius 2 is 1.56 bits per heavy atom. The Hall–Kier alpha value is -3.27. The molecule has 10 nitrogen and oxygen atoms in total. The van der Waals surface area contributed by atoms with Gasteiger partial charge in [0.1, 0.15) is 0 Å². The summed E-state index contributed by atoms with van der Waals surface area (Å²) >= 11 is 0. The second kappa shape index (κ2) is 10.7. The minimum atomic E-state index is -1.50. The van der Waals surface area contributed by atoms with Crippen molar-refractivity contribution in [1.29, 1.82) is 0 Å². The van der Waals surface area contributed by atoms with Crippen LogP contribution in [0.4, 0.5) is 0 Å². The monoisotopic (exact) mass is 536 g/mol. The first kappa shape index (κ1) is 26.0. The van der Waals surface area contributed by atoms with E-state index in [1.807, 2.05) is 12.1 Å². The molecule has 4 bridgehead atoms. The summed E-state index contributed by atoms with van der Waals surface area (Å²) in [6.45, 7) is -0.816. The van der Waals surface area contributed by atoms with Gasteiger partial charge in [0.05, 0.1) is 11.0 Å². The van der Waals surface area contributed by atoms with Crippen LogP contribution in [0.2, 0.25) is 0 Å². The molecule has 2 aliphatic heterocycles. The molecule has 2 aliphatic carbocycles. The van der Waals surface area contributed by atoms with Gasteiger partial charge in [0.25, 0.3) is 5.56 Å². The summed E-state index contributed by atoms with van der Waals surface area (Å²) in [6.07, 6.45) is 13.2.